The normalized spacial score (nSPS) is 21.4. The molecule has 0 aliphatic heterocycles. The van der Waals surface area contributed by atoms with Gasteiger partial charge < -0.3 is 0 Å². The quantitative estimate of drug-likeness (QED) is 0.735. The molecule has 0 saturated heterocycles. The number of carbonyl (C=O) groups is 1. The maximum Gasteiger partial charge on any atom is 0.140 e. The van der Waals surface area contributed by atoms with E-state index in [2.05, 4.69) is 41.1 Å². The molecular weight excluding hydrogens is 228 g/mol. The molecule has 0 heterocycles. The van der Waals surface area contributed by atoms with Gasteiger partial charge in [0.25, 0.3) is 0 Å². The molecule has 1 unspecified atom stereocenters. The van der Waals surface area contributed by atoms with E-state index in [4.69, 9.17) is 0 Å². The second-order valence-electron chi connectivity index (χ2n) is 3.57. The summed E-state index contributed by atoms with van der Waals surface area (Å²) in [4.78, 5) is 11.2. The molecule has 1 aliphatic rings. The number of Topliss-reactive ketones (excluding diaryl/α,β-unsaturated/α-hetero) is 1. The molecule has 1 saturated carbocycles. The highest BCUT2D eigenvalue weighted by atomic mass is 79.9. The maximum atomic E-state index is 11.2. The van der Waals surface area contributed by atoms with Crippen LogP contribution in [-0.2, 0) is 4.79 Å². The number of hydrogen-bond acceptors (Lipinski definition) is 1. The first-order valence-electron chi connectivity index (χ1n) is 4.47. The number of hydrogen-bond donors (Lipinski definition) is 0. The van der Waals surface area contributed by atoms with Crippen LogP contribution in [0.1, 0.15) is 29.9 Å². The van der Waals surface area contributed by atoms with Gasteiger partial charge in [0.15, 0.2) is 0 Å². The number of carbonyl (C=O) groups excluding carboxylic acids is 1. The second kappa shape index (κ2) is 3.26. The van der Waals surface area contributed by atoms with Gasteiger partial charge in [-0.05, 0) is 30.5 Å². The van der Waals surface area contributed by atoms with E-state index >= 15 is 0 Å². The summed E-state index contributed by atoms with van der Waals surface area (Å²) in [6.45, 7) is 2.05. The molecule has 1 fully saturated rings. The Morgan fingerprint density at radius 3 is 2.69 bits per heavy atom. The molecular formula is C11H11BrO. The van der Waals surface area contributed by atoms with E-state index in [9.17, 15) is 4.79 Å². The van der Waals surface area contributed by atoms with Gasteiger partial charge in [-0.25, -0.2) is 0 Å². The summed E-state index contributed by atoms with van der Waals surface area (Å²) in [6.07, 6.45) is 1.78. The van der Waals surface area contributed by atoms with E-state index < -0.39 is 0 Å². The van der Waals surface area contributed by atoms with Crippen LogP contribution in [0, 0.1) is 6.92 Å². The summed E-state index contributed by atoms with van der Waals surface area (Å²) < 4.78 is 1.10. The van der Waals surface area contributed by atoms with Crippen molar-refractivity contribution < 1.29 is 4.79 Å². The molecule has 0 aromatic heterocycles. The Bertz CT molecular complexity index is 357. The van der Waals surface area contributed by atoms with E-state index in [0.717, 1.165) is 22.9 Å². The molecule has 1 aliphatic carbocycles. The third kappa shape index (κ3) is 1.55. The molecule has 0 bridgehead atoms. The Hall–Kier alpha value is -0.630. The molecule has 0 spiro atoms. The van der Waals surface area contributed by atoms with Gasteiger partial charge in [-0.1, -0.05) is 28.1 Å². The largest absolute Gasteiger partial charge is 0.299 e. The minimum atomic E-state index is 0.178. The monoisotopic (exact) mass is 238 g/mol. The standard InChI is InChI=1S/C11H11BrO/c1-7-2-3-8(6-10(7)12)9-4-5-11(9)13/h2-3,6,9H,4-5H2,1H3. The number of benzene rings is 1. The fourth-order valence-electron chi connectivity index (χ4n) is 1.58. The second-order valence-corrected chi connectivity index (χ2v) is 4.42. The Morgan fingerprint density at radius 2 is 2.23 bits per heavy atom. The first-order valence-corrected chi connectivity index (χ1v) is 5.26. The molecule has 0 N–H and O–H groups in total. The average molecular weight is 239 g/mol. The Kier molecular flexibility index (Phi) is 2.24. The lowest BCUT2D eigenvalue weighted by Crippen LogP contribution is -2.23. The molecule has 13 heavy (non-hydrogen) atoms. The molecule has 1 atom stereocenters. The van der Waals surface area contributed by atoms with E-state index in [1.165, 1.54) is 5.56 Å². The fraction of sp³-hybridized carbons (Fsp3) is 0.364. The average Bonchev–Trinajstić information content (AvgIpc) is 2.09. The van der Waals surface area contributed by atoms with Gasteiger partial charge in [-0.15, -0.1) is 0 Å². The molecule has 1 aromatic carbocycles. The minimum Gasteiger partial charge on any atom is -0.299 e. The van der Waals surface area contributed by atoms with Crippen molar-refractivity contribution in [1.82, 2.24) is 0 Å². The summed E-state index contributed by atoms with van der Waals surface area (Å²) in [6, 6.07) is 6.18. The zero-order chi connectivity index (χ0) is 9.42. The van der Waals surface area contributed by atoms with Gasteiger partial charge in [0.2, 0.25) is 0 Å². The minimum absolute atomic E-state index is 0.178. The van der Waals surface area contributed by atoms with E-state index in [1.807, 2.05) is 0 Å². The van der Waals surface area contributed by atoms with Crippen molar-refractivity contribution in [1.29, 1.82) is 0 Å². The first-order chi connectivity index (χ1) is 6.18. The molecule has 1 aromatic rings. The van der Waals surface area contributed by atoms with Crippen molar-refractivity contribution in [2.45, 2.75) is 25.7 Å². The Morgan fingerprint density at radius 1 is 1.46 bits per heavy atom. The van der Waals surface area contributed by atoms with Gasteiger partial charge in [-0.3, -0.25) is 4.79 Å². The SMILES string of the molecule is Cc1ccc(C2CCC2=O)cc1Br. The van der Waals surface area contributed by atoms with Crippen LogP contribution in [0.3, 0.4) is 0 Å². The highest BCUT2D eigenvalue weighted by Gasteiger charge is 2.29. The Labute approximate surface area is 86.3 Å². The zero-order valence-electron chi connectivity index (χ0n) is 7.51. The lowest BCUT2D eigenvalue weighted by atomic mass is 9.78. The smallest absolute Gasteiger partial charge is 0.140 e. The van der Waals surface area contributed by atoms with Crippen molar-refractivity contribution in [2.75, 3.05) is 0 Å². The predicted octanol–water partition coefficient (Wildman–Crippen LogP) is 3.20. The summed E-state index contributed by atoms with van der Waals surface area (Å²) in [7, 11) is 0. The summed E-state index contributed by atoms with van der Waals surface area (Å²) in [5.74, 6) is 0.563. The van der Waals surface area contributed by atoms with Crippen LogP contribution >= 0.6 is 15.9 Å². The van der Waals surface area contributed by atoms with Crippen LogP contribution < -0.4 is 0 Å². The van der Waals surface area contributed by atoms with Crippen molar-refractivity contribution in [3.05, 3.63) is 33.8 Å². The van der Waals surface area contributed by atoms with Crippen LogP contribution in [0.2, 0.25) is 0 Å². The lowest BCUT2D eigenvalue weighted by molar-refractivity contribution is -0.125. The predicted molar refractivity (Wildman–Crippen MR) is 55.9 cm³/mol. The number of halogens is 1. The van der Waals surface area contributed by atoms with Gasteiger partial charge in [-0.2, -0.15) is 0 Å². The van der Waals surface area contributed by atoms with E-state index in [1.54, 1.807) is 0 Å². The highest BCUT2D eigenvalue weighted by Crippen LogP contribution is 2.34. The first kappa shape index (κ1) is 8.95. The molecule has 68 valence electrons. The highest BCUT2D eigenvalue weighted by molar-refractivity contribution is 9.10. The van der Waals surface area contributed by atoms with Crippen LogP contribution in [-0.4, -0.2) is 5.78 Å². The van der Waals surface area contributed by atoms with Crippen molar-refractivity contribution >= 4 is 21.7 Å². The van der Waals surface area contributed by atoms with Crippen molar-refractivity contribution in [3.8, 4) is 0 Å². The fourth-order valence-corrected chi connectivity index (χ4v) is 1.98. The van der Waals surface area contributed by atoms with Gasteiger partial charge in [0, 0.05) is 16.8 Å². The van der Waals surface area contributed by atoms with E-state index in [-0.39, 0.29) is 5.92 Å². The third-order valence-electron chi connectivity index (χ3n) is 2.67. The molecule has 0 amide bonds. The summed E-state index contributed by atoms with van der Waals surface area (Å²) >= 11 is 3.48. The van der Waals surface area contributed by atoms with Crippen molar-refractivity contribution in [2.24, 2.45) is 0 Å². The number of ketones is 1. The third-order valence-corrected chi connectivity index (χ3v) is 3.52. The van der Waals surface area contributed by atoms with Crippen LogP contribution in [0.5, 0.6) is 0 Å². The molecule has 0 radical (unpaired) electrons. The van der Waals surface area contributed by atoms with Crippen LogP contribution in [0.25, 0.3) is 0 Å². The number of rotatable bonds is 1. The van der Waals surface area contributed by atoms with Gasteiger partial charge in [0.1, 0.15) is 5.78 Å². The van der Waals surface area contributed by atoms with E-state index in [0.29, 0.717) is 5.78 Å². The van der Waals surface area contributed by atoms with Crippen LogP contribution in [0.15, 0.2) is 22.7 Å². The Balaban J connectivity index is 2.31. The zero-order valence-corrected chi connectivity index (χ0v) is 9.10. The molecule has 2 heteroatoms. The van der Waals surface area contributed by atoms with Gasteiger partial charge in [0.05, 0.1) is 0 Å². The topological polar surface area (TPSA) is 17.1 Å². The maximum absolute atomic E-state index is 11.2. The number of aryl methyl sites for hydroxylation is 1. The molecule has 2 rings (SSSR count). The van der Waals surface area contributed by atoms with Gasteiger partial charge >= 0.3 is 0 Å². The summed E-state index contributed by atoms with van der Waals surface area (Å²) in [5.41, 5.74) is 2.38. The van der Waals surface area contributed by atoms with Crippen molar-refractivity contribution in [3.63, 3.8) is 0 Å². The molecule has 1 nitrogen and oxygen atoms in total. The summed E-state index contributed by atoms with van der Waals surface area (Å²) in [5, 5.41) is 0. The lowest BCUT2D eigenvalue weighted by Gasteiger charge is -2.24. The van der Waals surface area contributed by atoms with Crippen LogP contribution in [0.4, 0.5) is 0 Å².